The summed E-state index contributed by atoms with van der Waals surface area (Å²) in [7, 11) is 0. The van der Waals surface area contributed by atoms with Gasteiger partial charge in [0.15, 0.2) is 37.0 Å². The van der Waals surface area contributed by atoms with Crippen molar-refractivity contribution in [1.82, 2.24) is 0 Å². The minimum Gasteiger partial charge on any atom is -0.328 e. The Labute approximate surface area is 115 Å². The minimum absolute atomic E-state index is 1.03. The highest BCUT2D eigenvalue weighted by molar-refractivity contribution is 4.93. The van der Waals surface area contributed by atoms with Crippen LogP contribution >= 0.6 is 0 Å². The second-order valence-electron chi connectivity index (χ2n) is 4.41. The van der Waals surface area contributed by atoms with Gasteiger partial charge in [-0.05, 0) is 0 Å². The van der Waals surface area contributed by atoms with Gasteiger partial charge in [-0.15, -0.1) is 0 Å². The molecule has 2 N–H and O–H groups in total. The van der Waals surface area contributed by atoms with Gasteiger partial charge in [-0.25, -0.2) is 35.1 Å². The number of rotatable bonds is 10. The number of halogens is 9. The van der Waals surface area contributed by atoms with Crippen LogP contribution < -0.4 is 5.73 Å². The molecule has 0 aliphatic carbocycles. The van der Waals surface area contributed by atoms with Crippen LogP contribution in [0.4, 0.5) is 39.5 Å². The molecular formula is C11H16F9N. The van der Waals surface area contributed by atoms with Crippen LogP contribution in [0.3, 0.4) is 0 Å². The smallest absolute Gasteiger partial charge is 0.168 e. The molecule has 0 aromatic heterocycles. The number of hydrogen-bond acceptors (Lipinski definition) is 1. The van der Waals surface area contributed by atoms with Crippen molar-refractivity contribution in [2.75, 3.05) is 13.2 Å². The zero-order valence-electron chi connectivity index (χ0n) is 10.7. The van der Waals surface area contributed by atoms with Gasteiger partial charge in [-0.1, -0.05) is 0 Å². The van der Waals surface area contributed by atoms with Crippen molar-refractivity contribution in [2.24, 2.45) is 5.73 Å². The number of hydrogen-bond donors (Lipinski definition) is 1. The van der Waals surface area contributed by atoms with Crippen LogP contribution in [0.5, 0.6) is 0 Å². The van der Waals surface area contributed by atoms with E-state index < -0.39 is 69.0 Å². The van der Waals surface area contributed by atoms with Gasteiger partial charge >= 0.3 is 0 Å². The van der Waals surface area contributed by atoms with Crippen molar-refractivity contribution in [3.63, 3.8) is 0 Å². The van der Waals surface area contributed by atoms with Crippen LogP contribution in [-0.4, -0.2) is 62.6 Å². The number of alkyl halides is 9. The zero-order chi connectivity index (χ0) is 16.7. The average Bonchev–Trinajstić information content (AvgIpc) is 2.49. The SMILES string of the molecule is NCC(F)C(F)C(F)C(F)C(F)C(F)C(F)C(F)CCF. The van der Waals surface area contributed by atoms with E-state index in [9.17, 15) is 39.5 Å². The molecule has 0 amide bonds. The molecule has 0 heterocycles. The van der Waals surface area contributed by atoms with E-state index in [4.69, 9.17) is 0 Å². The van der Waals surface area contributed by atoms with E-state index >= 15 is 0 Å². The molecule has 21 heavy (non-hydrogen) atoms. The highest BCUT2D eigenvalue weighted by Gasteiger charge is 2.46. The fraction of sp³-hybridized carbons (Fsp3) is 1.00. The van der Waals surface area contributed by atoms with Crippen LogP contribution in [0.1, 0.15) is 6.42 Å². The predicted molar refractivity (Wildman–Crippen MR) is 58.8 cm³/mol. The monoisotopic (exact) mass is 333 g/mol. The van der Waals surface area contributed by atoms with Crippen molar-refractivity contribution in [2.45, 2.75) is 55.8 Å². The van der Waals surface area contributed by atoms with Crippen LogP contribution in [-0.2, 0) is 0 Å². The van der Waals surface area contributed by atoms with E-state index in [1.54, 1.807) is 0 Å². The lowest BCUT2D eigenvalue weighted by Gasteiger charge is -2.26. The van der Waals surface area contributed by atoms with Crippen molar-refractivity contribution < 1.29 is 39.5 Å². The van der Waals surface area contributed by atoms with E-state index in [-0.39, 0.29) is 0 Å². The Balaban J connectivity index is 4.70. The summed E-state index contributed by atoms with van der Waals surface area (Å²) in [6, 6.07) is 0. The van der Waals surface area contributed by atoms with Gasteiger partial charge in [-0.2, -0.15) is 0 Å². The molecule has 0 aliphatic heterocycles. The second kappa shape index (κ2) is 9.37. The molecule has 0 radical (unpaired) electrons. The van der Waals surface area contributed by atoms with E-state index in [0.717, 1.165) is 0 Å². The van der Waals surface area contributed by atoms with Crippen molar-refractivity contribution in [3.05, 3.63) is 0 Å². The topological polar surface area (TPSA) is 26.0 Å². The molecule has 8 atom stereocenters. The largest absolute Gasteiger partial charge is 0.328 e. The van der Waals surface area contributed by atoms with Gasteiger partial charge in [0.05, 0.1) is 6.67 Å². The summed E-state index contributed by atoms with van der Waals surface area (Å²) in [5, 5.41) is 0. The van der Waals surface area contributed by atoms with Crippen LogP contribution in [0.2, 0.25) is 0 Å². The third-order valence-electron chi connectivity index (χ3n) is 2.82. The lowest BCUT2D eigenvalue weighted by atomic mass is 9.97. The Morgan fingerprint density at radius 3 is 1.24 bits per heavy atom. The third-order valence-corrected chi connectivity index (χ3v) is 2.82. The van der Waals surface area contributed by atoms with Crippen LogP contribution in [0.25, 0.3) is 0 Å². The quantitative estimate of drug-likeness (QED) is 0.611. The number of nitrogens with two attached hydrogens (primary N) is 1. The standard InChI is InChI=1S/C11H16F9N/c12-2-1-4(13)6(15)8(17)10(19)11(20)9(18)7(16)5(14)3-21/h4-11H,1-3,21H2. The molecule has 0 saturated carbocycles. The summed E-state index contributed by atoms with van der Waals surface area (Å²) in [6.45, 7) is -2.40. The highest BCUT2D eigenvalue weighted by atomic mass is 19.2. The maximum absolute atomic E-state index is 13.2. The Bertz CT molecular complexity index is 282. The molecule has 1 nitrogen and oxygen atoms in total. The minimum atomic E-state index is -3.57. The Kier molecular flexibility index (Phi) is 9.07. The molecule has 0 rings (SSSR count). The molecule has 0 aliphatic rings. The van der Waals surface area contributed by atoms with Gasteiger partial charge in [-0.3, -0.25) is 4.39 Å². The maximum atomic E-state index is 13.2. The van der Waals surface area contributed by atoms with Gasteiger partial charge < -0.3 is 5.73 Å². The Hall–Kier alpha value is -0.670. The summed E-state index contributed by atoms with van der Waals surface area (Å²) in [4.78, 5) is 0. The first-order valence-electron chi connectivity index (χ1n) is 6.07. The van der Waals surface area contributed by atoms with E-state index in [0.29, 0.717) is 0 Å². The molecule has 0 aromatic carbocycles. The zero-order valence-corrected chi connectivity index (χ0v) is 10.7. The van der Waals surface area contributed by atoms with Crippen molar-refractivity contribution in [1.29, 1.82) is 0 Å². The normalized spacial score (nSPS) is 23.7. The third kappa shape index (κ3) is 5.55. The highest BCUT2D eigenvalue weighted by Crippen LogP contribution is 2.27. The average molecular weight is 333 g/mol. The maximum Gasteiger partial charge on any atom is 0.168 e. The van der Waals surface area contributed by atoms with E-state index in [1.165, 1.54) is 0 Å². The predicted octanol–water partition coefficient (Wildman–Crippen LogP) is 3.01. The fourth-order valence-electron chi connectivity index (χ4n) is 1.49. The lowest BCUT2D eigenvalue weighted by molar-refractivity contribution is -0.0461. The first kappa shape index (κ1) is 20.3. The molecule has 8 unspecified atom stereocenters. The molecule has 0 bridgehead atoms. The van der Waals surface area contributed by atoms with Crippen molar-refractivity contribution in [3.8, 4) is 0 Å². The van der Waals surface area contributed by atoms with Gasteiger partial charge in [0.1, 0.15) is 12.3 Å². The van der Waals surface area contributed by atoms with E-state index in [1.807, 2.05) is 0 Å². The molecule has 0 fully saturated rings. The second-order valence-corrected chi connectivity index (χ2v) is 4.41. The first-order valence-corrected chi connectivity index (χ1v) is 6.07. The van der Waals surface area contributed by atoms with Crippen molar-refractivity contribution >= 4 is 0 Å². The molecule has 10 heteroatoms. The molecule has 0 aromatic rings. The Morgan fingerprint density at radius 2 is 0.905 bits per heavy atom. The summed E-state index contributed by atoms with van der Waals surface area (Å²) >= 11 is 0. The van der Waals surface area contributed by atoms with Gasteiger partial charge in [0.25, 0.3) is 0 Å². The summed E-state index contributed by atoms with van der Waals surface area (Å²) in [5.74, 6) is 0. The summed E-state index contributed by atoms with van der Waals surface area (Å²) < 4.78 is 116. The Morgan fingerprint density at radius 1 is 0.571 bits per heavy atom. The van der Waals surface area contributed by atoms with Crippen LogP contribution in [0.15, 0.2) is 0 Å². The molecular weight excluding hydrogens is 317 g/mol. The van der Waals surface area contributed by atoms with Gasteiger partial charge in [0.2, 0.25) is 0 Å². The molecule has 0 saturated heterocycles. The molecule has 0 spiro atoms. The van der Waals surface area contributed by atoms with E-state index in [2.05, 4.69) is 5.73 Å². The first-order chi connectivity index (χ1) is 9.68. The molecule has 128 valence electrons. The van der Waals surface area contributed by atoms with Crippen LogP contribution in [0, 0.1) is 0 Å². The summed E-state index contributed by atoms with van der Waals surface area (Å²) in [5.41, 5.74) is 4.65. The van der Waals surface area contributed by atoms with Gasteiger partial charge in [0, 0.05) is 13.0 Å². The lowest BCUT2D eigenvalue weighted by Crippen LogP contribution is -2.47. The summed E-state index contributed by atoms with van der Waals surface area (Å²) in [6.07, 6.45) is -27.0. The fourth-order valence-corrected chi connectivity index (χ4v) is 1.49.